The molecule has 0 bridgehead atoms. The second-order valence-electron chi connectivity index (χ2n) is 9.55. The lowest BCUT2D eigenvalue weighted by atomic mass is 9.61. The van der Waals surface area contributed by atoms with Crippen LogP contribution in [0.3, 0.4) is 0 Å². The number of H-pyrrole nitrogens is 1. The molecule has 3 heterocycles. The molecule has 0 spiro atoms. The fourth-order valence-corrected chi connectivity index (χ4v) is 5.50. The van der Waals surface area contributed by atoms with Gasteiger partial charge in [0.05, 0.1) is 18.2 Å². The lowest BCUT2D eigenvalue weighted by molar-refractivity contribution is -0.153. The Kier molecular flexibility index (Phi) is 6.49. The number of tetrazole rings is 1. The molecule has 10 nitrogen and oxygen atoms in total. The normalized spacial score (nSPS) is 20.1. The first-order valence-corrected chi connectivity index (χ1v) is 12.3. The van der Waals surface area contributed by atoms with E-state index in [2.05, 4.69) is 39.5 Å². The summed E-state index contributed by atoms with van der Waals surface area (Å²) < 4.78 is 3.40. The molecule has 0 amide bonds. The topological polar surface area (TPSA) is 132 Å². The molecule has 2 N–H and O–H groups in total. The Labute approximate surface area is 208 Å². The second kappa shape index (κ2) is 9.88. The third-order valence-corrected chi connectivity index (χ3v) is 7.31. The van der Waals surface area contributed by atoms with Crippen molar-refractivity contribution < 1.29 is 9.90 Å². The largest absolute Gasteiger partial charge is 0.481 e. The van der Waals surface area contributed by atoms with E-state index in [0.717, 1.165) is 35.2 Å². The van der Waals surface area contributed by atoms with Crippen molar-refractivity contribution in [1.29, 1.82) is 0 Å². The minimum Gasteiger partial charge on any atom is -0.481 e. The Bertz CT molecular complexity index is 1390. The first kappa shape index (κ1) is 23.7. The van der Waals surface area contributed by atoms with Crippen molar-refractivity contribution in [2.45, 2.75) is 45.7 Å². The van der Waals surface area contributed by atoms with E-state index in [9.17, 15) is 14.7 Å². The molecular weight excluding hydrogens is 458 g/mol. The number of pyridine rings is 1. The molecule has 0 saturated heterocycles. The zero-order valence-electron chi connectivity index (χ0n) is 20.3. The first-order chi connectivity index (χ1) is 17.5. The molecule has 10 heteroatoms. The Morgan fingerprint density at radius 3 is 2.64 bits per heavy atom. The molecule has 0 radical (unpaired) electrons. The summed E-state index contributed by atoms with van der Waals surface area (Å²) in [5.74, 6) is -0.336. The Morgan fingerprint density at radius 2 is 2.00 bits per heavy atom. The SMILES string of the molecule is CCCC(C1C(C)CC1C(=O)O)n1ccn(Cc2ccc(-c3ccccc3-c3nnn[nH]3)nc2)c1=O. The van der Waals surface area contributed by atoms with E-state index < -0.39 is 5.97 Å². The number of carboxylic acid groups (broad SMARTS) is 1. The highest BCUT2D eigenvalue weighted by Crippen LogP contribution is 2.48. The summed E-state index contributed by atoms with van der Waals surface area (Å²) in [5, 5.41) is 23.7. The van der Waals surface area contributed by atoms with Crippen LogP contribution in [0.15, 0.2) is 59.8 Å². The predicted molar refractivity (Wildman–Crippen MR) is 133 cm³/mol. The van der Waals surface area contributed by atoms with Crippen molar-refractivity contribution in [3.05, 3.63) is 71.0 Å². The van der Waals surface area contributed by atoms with Crippen LogP contribution in [-0.4, -0.2) is 45.8 Å². The molecule has 0 aliphatic heterocycles. The number of hydrogen-bond acceptors (Lipinski definition) is 6. The molecule has 1 aliphatic carbocycles. The van der Waals surface area contributed by atoms with Crippen LogP contribution in [0.2, 0.25) is 0 Å². The zero-order valence-corrected chi connectivity index (χ0v) is 20.3. The van der Waals surface area contributed by atoms with E-state index in [1.54, 1.807) is 27.7 Å². The number of carbonyl (C=O) groups is 1. The number of nitrogens with zero attached hydrogens (tertiary/aromatic N) is 6. The lowest BCUT2D eigenvalue weighted by Crippen LogP contribution is -2.47. The summed E-state index contributed by atoms with van der Waals surface area (Å²) in [4.78, 5) is 29.7. The van der Waals surface area contributed by atoms with Crippen molar-refractivity contribution in [1.82, 2.24) is 34.7 Å². The van der Waals surface area contributed by atoms with Gasteiger partial charge in [0.1, 0.15) is 0 Å². The van der Waals surface area contributed by atoms with Crippen LogP contribution in [-0.2, 0) is 11.3 Å². The number of nitrogens with one attached hydrogen (secondary N) is 1. The third kappa shape index (κ3) is 4.34. The van der Waals surface area contributed by atoms with Gasteiger partial charge in [0.25, 0.3) is 0 Å². The number of aliphatic carboxylic acids is 1. The molecule has 1 saturated carbocycles. The van der Waals surface area contributed by atoms with Gasteiger partial charge < -0.3 is 5.11 Å². The van der Waals surface area contributed by atoms with Gasteiger partial charge in [-0.3, -0.25) is 18.9 Å². The molecule has 3 aromatic heterocycles. The molecule has 4 unspecified atom stereocenters. The Morgan fingerprint density at radius 1 is 1.19 bits per heavy atom. The monoisotopic (exact) mass is 487 g/mol. The number of aromatic amines is 1. The summed E-state index contributed by atoms with van der Waals surface area (Å²) in [7, 11) is 0. The molecule has 36 heavy (non-hydrogen) atoms. The van der Waals surface area contributed by atoms with Crippen LogP contribution >= 0.6 is 0 Å². The molecular formula is C26H29N7O3. The number of aromatic nitrogens is 7. The summed E-state index contributed by atoms with van der Waals surface area (Å²) >= 11 is 0. The van der Waals surface area contributed by atoms with Crippen LogP contribution < -0.4 is 5.69 Å². The van der Waals surface area contributed by atoms with E-state index in [4.69, 9.17) is 0 Å². The van der Waals surface area contributed by atoms with Crippen molar-refractivity contribution in [3.8, 4) is 22.6 Å². The van der Waals surface area contributed by atoms with E-state index >= 15 is 0 Å². The Hall–Kier alpha value is -4.08. The highest BCUT2D eigenvalue weighted by Gasteiger charge is 2.47. The van der Waals surface area contributed by atoms with Crippen LogP contribution in [0.25, 0.3) is 22.6 Å². The zero-order chi connectivity index (χ0) is 25.2. The fourth-order valence-electron chi connectivity index (χ4n) is 5.50. The number of rotatable bonds is 9. The second-order valence-corrected chi connectivity index (χ2v) is 9.55. The van der Waals surface area contributed by atoms with Crippen LogP contribution in [0.1, 0.15) is 44.7 Å². The van der Waals surface area contributed by atoms with E-state index in [1.165, 1.54) is 0 Å². The van der Waals surface area contributed by atoms with Gasteiger partial charge in [0.2, 0.25) is 0 Å². The lowest BCUT2D eigenvalue weighted by Gasteiger charge is -2.45. The van der Waals surface area contributed by atoms with Crippen LogP contribution in [0, 0.1) is 17.8 Å². The standard InChI is InChI=1S/C26H29N7O3/c1-3-6-22(23-16(2)13-20(23)25(34)35)33-12-11-32(26(33)36)15-17-9-10-21(27-14-17)18-7-4-5-8-19(18)24-28-30-31-29-24/h4-5,7-12,14,16,20,22-23H,3,6,13,15H2,1-2H3,(H,34,35)(H,28,29,30,31). The summed E-state index contributed by atoms with van der Waals surface area (Å²) in [5.41, 5.74) is 3.30. The maximum absolute atomic E-state index is 13.3. The molecule has 5 rings (SSSR count). The number of carboxylic acids is 1. The minimum absolute atomic E-state index is 0.0309. The average Bonchev–Trinajstić information content (AvgIpc) is 3.53. The van der Waals surface area contributed by atoms with Crippen molar-refractivity contribution in [3.63, 3.8) is 0 Å². The van der Waals surface area contributed by atoms with Crippen LogP contribution in [0.5, 0.6) is 0 Å². The highest BCUT2D eigenvalue weighted by atomic mass is 16.4. The van der Waals surface area contributed by atoms with E-state index in [0.29, 0.717) is 18.8 Å². The molecule has 1 aromatic carbocycles. The Balaban J connectivity index is 1.37. The van der Waals surface area contributed by atoms with Crippen molar-refractivity contribution >= 4 is 5.97 Å². The van der Waals surface area contributed by atoms with Gasteiger partial charge in [-0.25, -0.2) is 9.89 Å². The van der Waals surface area contributed by atoms with Gasteiger partial charge in [-0.1, -0.05) is 50.6 Å². The molecule has 1 aliphatic rings. The summed E-state index contributed by atoms with van der Waals surface area (Å²) in [6.07, 6.45) is 7.69. The summed E-state index contributed by atoms with van der Waals surface area (Å²) in [6.45, 7) is 4.53. The first-order valence-electron chi connectivity index (χ1n) is 12.3. The van der Waals surface area contributed by atoms with Gasteiger partial charge in [-0.2, -0.15) is 0 Å². The number of benzene rings is 1. The van der Waals surface area contributed by atoms with Crippen molar-refractivity contribution in [2.75, 3.05) is 0 Å². The van der Waals surface area contributed by atoms with Gasteiger partial charge in [0, 0.05) is 35.8 Å². The number of hydrogen-bond donors (Lipinski definition) is 2. The quantitative estimate of drug-likeness (QED) is 0.368. The number of imidazole rings is 1. The van der Waals surface area contributed by atoms with Gasteiger partial charge in [0.15, 0.2) is 5.82 Å². The van der Waals surface area contributed by atoms with Gasteiger partial charge >= 0.3 is 11.7 Å². The smallest absolute Gasteiger partial charge is 0.328 e. The average molecular weight is 488 g/mol. The maximum Gasteiger partial charge on any atom is 0.328 e. The maximum atomic E-state index is 13.3. The third-order valence-electron chi connectivity index (χ3n) is 7.31. The van der Waals surface area contributed by atoms with Gasteiger partial charge in [-0.15, -0.1) is 5.10 Å². The van der Waals surface area contributed by atoms with E-state index in [-0.39, 0.29) is 29.5 Å². The highest BCUT2D eigenvalue weighted by molar-refractivity contribution is 5.78. The van der Waals surface area contributed by atoms with E-state index in [1.807, 2.05) is 36.4 Å². The molecule has 4 aromatic rings. The van der Waals surface area contributed by atoms with Gasteiger partial charge in [-0.05, 0) is 46.7 Å². The minimum atomic E-state index is -0.765. The molecule has 4 atom stereocenters. The molecule has 186 valence electrons. The molecule has 1 fully saturated rings. The predicted octanol–water partition coefficient (Wildman–Crippen LogP) is 3.64. The summed E-state index contributed by atoms with van der Waals surface area (Å²) in [6, 6.07) is 11.5. The fraction of sp³-hybridized carbons (Fsp3) is 0.385. The van der Waals surface area contributed by atoms with Crippen molar-refractivity contribution in [2.24, 2.45) is 17.8 Å². The van der Waals surface area contributed by atoms with Crippen LogP contribution in [0.4, 0.5) is 0 Å².